The van der Waals surface area contributed by atoms with Crippen molar-refractivity contribution in [3.63, 3.8) is 0 Å². The van der Waals surface area contributed by atoms with Crippen LogP contribution in [0.15, 0.2) is 86.1 Å². The lowest BCUT2D eigenvalue weighted by Gasteiger charge is -2.58. The van der Waals surface area contributed by atoms with Gasteiger partial charge in [-0.05, 0) is 29.7 Å². The molecular formula is C29H32FN2O+. The molecule has 4 unspecified atom stereocenters. The van der Waals surface area contributed by atoms with Gasteiger partial charge in [-0.25, -0.2) is 4.39 Å². The average molecular weight is 444 g/mol. The first-order valence-corrected chi connectivity index (χ1v) is 11.9. The predicted octanol–water partition coefficient (Wildman–Crippen LogP) is 6.23. The Morgan fingerprint density at radius 3 is 2.76 bits per heavy atom. The quantitative estimate of drug-likeness (QED) is 0.304. The summed E-state index contributed by atoms with van der Waals surface area (Å²) < 4.78 is 22.2. The molecule has 2 aromatic carbocycles. The van der Waals surface area contributed by atoms with Gasteiger partial charge in [0.2, 0.25) is 0 Å². The number of nitrogens with zero attached hydrogens (tertiary/aromatic N) is 2. The summed E-state index contributed by atoms with van der Waals surface area (Å²) in [7, 11) is 0. The van der Waals surface area contributed by atoms with Crippen LogP contribution in [0.2, 0.25) is 0 Å². The predicted molar refractivity (Wildman–Crippen MR) is 131 cm³/mol. The minimum Gasteiger partial charge on any atom is -0.363 e. The van der Waals surface area contributed by atoms with Crippen molar-refractivity contribution in [2.45, 2.75) is 31.5 Å². The molecular weight excluding hydrogens is 411 g/mol. The van der Waals surface area contributed by atoms with Crippen LogP contribution in [0, 0.1) is 17.7 Å². The van der Waals surface area contributed by atoms with Gasteiger partial charge < -0.3 is 9.22 Å². The monoisotopic (exact) mass is 443 g/mol. The maximum atomic E-state index is 14.8. The topological polar surface area (TPSA) is 22.1 Å². The van der Waals surface area contributed by atoms with Crippen LogP contribution in [0.4, 0.5) is 4.39 Å². The molecule has 0 spiro atoms. The second-order valence-electron chi connectivity index (χ2n) is 9.59. The highest BCUT2D eigenvalue weighted by molar-refractivity contribution is 5.82. The normalized spacial score (nSPS) is 27.4. The molecule has 0 amide bonds. The Bertz CT molecular complexity index is 1160. The third-order valence-corrected chi connectivity index (χ3v) is 7.85. The van der Waals surface area contributed by atoms with E-state index in [9.17, 15) is 4.39 Å². The van der Waals surface area contributed by atoms with Crippen LogP contribution in [0.3, 0.4) is 0 Å². The van der Waals surface area contributed by atoms with E-state index in [1.807, 2.05) is 36.5 Å². The first-order valence-electron chi connectivity index (χ1n) is 11.9. The van der Waals surface area contributed by atoms with Crippen molar-refractivity contribution >= 4 is 10.9 Å². The standard InChI is InChI=1S/C29H32FN2O/c1-3-17-33-29(25-13-15-31-27-12-8-6-10-24(25)27)28-18-22-14-16-32(28,19-21(22)4-2)20-23-9-5-7-11-26(23)30/h3-13,15,21-22,28-29H,1-2,14,16-20H2/q+1/t21?,22?,28?,29-,32?/m1/s1. The largest absolute Gasteiger partial charge is 0.363 e. The summed E-state index contributed by atoms with van der Waals surface area (Å²) >= 11 is 0. The van der Waals surface area contributed by atoms with E-state index in [1.165, 1.54) is 5.56 Å². The van der Waals surface area contributed by atoms with Crippen molar-refractivity contribution in [3.05, 3.63) is 103 Å². The number of para-hydroxylation sites is 1. The van der Waals surface area contributed by atoms with E-state index in [2.05, 4.69) is 42.4 Å². The van der Waals surface area contributed by atoms with Gasteiger partial charge in [0.25, 0.3) is 0 Å². The molecule has 0 N–H and O–H groups in total. The fraction of sp³-hybridized carbons (Fsp3) is 0.345. The zero-order valence-corrected chi connectivity index (χ0v) is 19.1. The van der Waals surface area contributed by atoms with E-state index in [0.29, 0.717) is 25.0 Å². The Morgan fingerprint density at radius 2 is 1.94 bits per heavy atom. The highest BCUT2D eigenvalue weighted by Gasteiger charge is 2.54. The van der Waals surface area contributed by atoms with Crippen LogP contribution >= 0.6 is 0 Å². The van der Waals surface area contributed by atoms with Crippen LogP contribution in [0.25, 0.3) is 10.9 Å². The fourth-order valence-electron chi connectivity index (χ4n) is 6.28. The molecule has 0 saturated carbocycles. The molecule has 3 aromatic rings. The Kier molecular flexibility index (Phi) is 6.13. The van der Waals surface area contributed by atoms with Gasteiger partial charge in [-0.1, -0.05) is 48.6 Å². The third-order valence-electron chi connectivity index (χ3n) is 7.85. The molecule has 4 heteroatoms. The molecule has 3 fully saturated rings. The van der Waals surface area contributed by atoms with E-state index in [-0.39, 0.29) is 18.0 Å². The SMILES string of the molecule is C=CCO[C@H](c1ccnc2ccccc12)C1CC2CC[N+]1(Cc1ccccc1F)CC2C=C. The Hall–Kier alpha value is -2.82. The van der Waals surface area contributed by atoms with Crippen molar-refractivity contribution in [1.29, 1.82) is 0 Å². The van der Waals surface area contributed by atoms with Gasteiger partial charge in [0.05, 0.1) is 25.2 Å². The number of aromatic nitrogens is 1. The molecule has 3 aliphatic heterocycles. The molecule has 2 bridgehead atoms. The Morgan fingerprint density at radius 1 is 1.12 bits per heavy atom. The van der Waals surface area contributed by atoms with Crippen molar-refractivity contribution in [1.82, 2.24) is 4.98 Å². The summed E-state index contributed by atoms with van der Waals surface area (Å²) in [6.45, 7) is 11.2. The van der Waals surface area contributed by atoms with Crippen molar-refractivity contribution < 1.29 is 13.6 Å². The van der Waals surface area contributed by atoms with Crippen LogP contribution in [-0.2, 0) is 11.3 Å². The lowest BCUT2D eigenvalue weighted by Crippen LogP contribution is -2.67. The van der Waals surface area contributed by atoms with Gasteiger partial charge in [0.15, 0.2) is 0 Å². The van der Waals surface area contributed by atoms with Crippen molar-refractivity contribution in [2.75, 3.05) is 19.7 Å². The summed E-state index contributed by atoms with van der Waals surface area (Å²) in [4.78, 5) is 4.58. The van der Waals surface area contributed by atoms with Gasteiger partial charge in [-0.3, -0.25) is 4.98 Å². The zero-order chi connectivity index (χ0) is 22.8. The summed E-state index contributed by atoms with van der Waals surface area (Å²) in [6, 6.07) is 17.8. The number of piperidine rings is 3. The Labute approximate surface area is 195 Å². The highest BCUT2D eigenvalue weighted by Crippen LogP contribution is 2.49. The van der Waals surface area contributed by atoms with Crippen molar-refractivity contribution in [2.24, 2.45) is 11.8 Å². The number of pyridine rings is 1. The lowest BCUT2D eigenvalue weighted by molar-refractivity contribution is -0.985. The van der Waals surface area contributed by atoms with Gasteiger partial charge in [-0.2, -0.15) is 0 Å². The van der Waals surface area contributed by atoms with Crippen LogP contribution in [-0.4, -0.2) is 35.2 Å². The smallest absolute Gasteiger partial charge is 0.135 e. The lowest BCUT2D eigenvalue weighted by atomic mass is 9.71. The van der Waals surface area contributed by atoms with E-state index >= 15 is 0 Å². The molecule has 0 radical (unpaired) electrons. The van der Waals surface area contributed by atoms with Crippen LogP contribution in [0.5, 0.6) is 0 Å². The van der Waals surface area contributed by atoms with E-state index < -0.39 is 0 Å². The first-order chi connectivity index (χ1) is 16.1. The maximum absolute atomic E-state index is 14.8. The minimum absolute atomic E-state index is 0.115. The maximum Gasteiger partial charge on any atom is 0.135 e. The molecule has 3 saturated heterocycles. The average Bonchev–Trinajstić information content (AvgIpc) is 2.86. The summed E-state index contributed by atoms with van der Waals surface area (Å²) in [5, 5.41) is 1.13. The fourth-order valence-corrected chi connectivity index (χ4v) is 6.28. The van der Waals surface area contributed by atoms with Gasteiger partial charge in [-0.15, -0.1) is 13.2 Å². The number of fused-ring (bicyclic) bond motifs is 4. The molecule has 6 rings (SSSR count). The molecule has 1 aromatic heterocycles. The minimum atomic E-state index is -0.121. The highest BCUT2D eigenvalue weighted by atomic mass is 19.1. The summed E-state index contributed by atoms with van der Waals surface area (Å²) in [6.07, 6.45) is 7.90. The molecule has 5 atom stereocenters. The summed E-state index contributed by atoms with van der Waals surface area (Å²) in [5.41, 5.74) is 2.93. The number of hydrogen-bond donors (Lipinski definition) is 0. The molecule has 4 heterocycles. The molecule has 3 aliphatic rings. The van der Waals surface area contributed by atoms with E-state index in [0.717, 1.165) is 46.9 Å². The van der Waals surface area contributed by atoms with Gasteiger partial charge in [0.1, 0.15) is 24.5 Å². The second kappa shape index (κ2) is 9.20. The van der Waals surface area contributed by atoms with Crippen LogP contribution in [0.1, 0.15) is 30.1 Å². The molecule has 33 heavy (non-hydrogen) atoms. The Balaban J connectivity index is 1.61. The van der Waals surface area contributed by atoms with E-state index in [4.69, 9.17) is 4.74 Å². The third kappa shape index (κ3) is 4.03. The number of hydrogen-bond acceptors (Lipinski definition) is 2. The number of rotatable bonds is 8. The number of halogens is 1. The second-order valence-corrected chi connectivity index (χ2v) is 9.59. The van der Waals surface area contributed by atoms with Crippen LogP contribution < -0.4 is 0 Å². The van der Waals surface area contributed by atoms with Gasteiger partial charge in [0, 0.05) is 35.9 Å². The number of quaternary nitrogens is 1. The first kappa shape index (κ1) is 22.0. The molecule has 3 nitrogen and oxygen atoms in total. The number of benzene rings is 2. The van der Waals surface area contributed by atoms with E-state index in [1.54, 1.807) is 12.1 Å². The summed E-state index contributed by atoms with van der Waals surface area (Å²) in [5.74, 6) is 0.927. The molecule has 170 valence electrons. The zero-order valence-electron chi connectivity index (χ0n) is 19.1. The van der Waals surface area contributed by atoms with Crippen molar-refractivity contribution in [3.8, 4) is 0 Å². The van der Waals surface area contributed by atoms with Gasteiger partial charge >= 0.3 is 0 Å². The number of ether oxygens (including phenoxy) is 1. The molecule has 0 aliphatic carbocycles.